The van der Waals surface area contributed by atoms with Crippen molar-refractivity contribution in [3.8, 4) is 11.5 Å². The maximum absolute atomic E-state index is 12.8. The fourth-order valence-corrected chi connectivity index (χ4v) is 4.19. The SMILES string of the molecule is Cc1occc1-c1nnc(SCC(=O)c2cc(C)n(C[C@H]3CCCO3)c2C)o1. The van der Waals surface area contributed by atoms with E-state index in [2.05, 4.69) is 14.8 Å². The molecule has 28 heavy (non-hydrogen) atoms. The number of aromatic nitrogens is 3. The van der Waals surface area contributed by atoms with Crippen LogP contribution in [0.5, 0.6) is 0 Å². The molecule has 0 unspecified atom stereocenters. The number of rotatable bonds is 7. The van der Waals surface area contributed by atoms with E-state index in [4.69, 9.17) is 13.6 Å². The lowest BCUT2D eigenvalue weighted by Crippen LogP contribution is -2.17. The molecule has 1 aliphatic heterocycles. The van der Waals surface area contributed by atoms with Gasteiger partial charge in [0, 0.05) is 30.1 Å². The molecule has 8 heteroatoms. The molecule has 4 heterocycles. The van der Waals surface area contributed by atoms with Gasteiger partial charge in [-0.2, -0.15) is 0 Å². The van der Waals surface area contributed by atoms with Gasteiger partial charge in [0.15, 0.2) is 5.78 Å². The number of Topliss-reactive ketones (excluding diaryl/α,β-unsaturated/α-hetero) is 1. The Balaban J connectivity index is 1.41. The Morgan fingerprint density at radius 3 is 2.89 bits per heavy atom. The van der Waals surface area contributed by atoms with Crippen molar-refractivity contribution in [1.82, 2.24) is 14.8 Å². The highest BCUT2D eigenvalue weighted by Gasteiger charge is 2.22. The molecule has 3 aromatic rings. The number of carbonyl (C=O) groups is 1. The summed E-state index contributed by atoms with van der Waals surface area (Å²) in [4.78, 5) is 12.8. The van der Waals surface area contributed by atoms with Crippen LogP contribution in [0, 0.1) is 20.8 Å². The molecule has 0 N–H and O–H groups in total. The molecule has 0 saturated carbocycles. The Hall–Kier alpha value is -2.32. The second-order valence-electron chi connectivity index (χ2n) is 7.01. The largest absolute Gasteiger partial charge is 0.469 e. The third-order valence-electron chi connectivity index (χ3n) is 5.11. The number of ether oxygens (including phenoxy) is 1. The lowest BCUT2D eigenvalue weighted by atomic mass is 10.2. The highest BCUT2D eigenvalue weighted by molar-refractivity contribution is 7.99. The summed E-state index contributed by atoms with van der Waals surface area (Å²) in [5, 5.41) is 8.43. The number of ketones is 1. The fraction of sp³-hybridized carbons (Fsp3) is 0.450. The van der Waals surface area contributed by atoms with Crippen LogP contribution in [0.3, 0.4) is 0 Å². The lowest BCUT2D eigenvalue weighted by Gasteiger charge is -2.14. The van der Waals surface area contributed by atoms with E-state index >= 15 is 0 Å². The van der Waals surface area contributed by atoms with Crippen molar-refractivity contribution in [2.45, 2.75) is 51.5 Å². The van der Waals surface area contributed by atoms with Gasteiger partial charge >= 0.3 is 0 Å². The number of carbonyl (C=O) groups excluding carboxylic acids is 1. The van der Waals surface area contributed by atoms with Crippen molar-refractivity contribution in [3.63, 3.8) is 0 Å². The number of aryl methyl sites for hydroxylation is 2. The minimum absolute atomic E-state index is 0.0518. The molecule has 3 aromatic heterocycles. The highest BCUT2D eigenvalue weighted by atomic mass is 32.2. The summed E-state index contributed by atoms with van der Waals surface area (Å²) in [7, 11) is 0. The van der Waals surface area contributed by atoms with Crippen molar-refractivity contribution >= 4 is 17.5 Å². The van der Waals surface area contributed by atoms with Crippen LogP contribution in [-0.4, -0.2) is 39.0 Å². The van der Waals surface area contributed by atoms with Crippen molar-refractivity contribution < 1.29 is 18.4 Å². The first-order chi connectivity index (χ1) is 13.5. The Labute approximate surface area is 167 Å². The van der Waals surface area contributed by atoms with Gasteiger partial charge in [0.25, 0.3) is 11.1 Å². The first kappa shape index (κ1) is 19.0. The number of nitrogens with zero attached hydrogens (tertiary/aromatic N) is 3. The first-order valence-electron chi connectivity index (χ1n) is 9.35. The van der Waals surface area contributed by atoms with Crippen molar-refractivity contribution in [2.75, 3.05) is 12.4 Å². The maximum Gasteiger partial charge on any atom is 0.277 e. The summed E-state index contributed by atoms with van der Waals surface area (Å²) >= 11 is 1.25. The third-order valence-corrected chi connectivity index (χ3v) is 5.93. The predicted molar refractivity (Wildman–Crippen MR) is 105 cm³/mol. The van der Waals surface area contributed by atoms with E-state index in [1.54, 1.807) is 12.3 Å². The average molecular weight is 401 g/mol. The fourth-order valence-electron chi connectivity index (χ4n) is 3.55. The second-order valence-corrected chi connectivity index (χ2v) is 7.93. The van der Waals surface area contributed by atoms with Gasteiger partial charge in [-0.15, -0.1) is 10.2 Å². The molecule has 1 atom stereocenters. The Morgan fingerprint density at radius 2 is 2.18 bits per heavy atom. The zero-order valence-corrected chi connectivity index (χ0v) is 17.0. The predicted octanol–water partition coefficient (Wildman–Crippen LogP) is 4.21. The van der Waals surface area contributed by atoms with Gasteiger partial charge in [-0.1, -0.05) is 11.8 Å². The van der Waals surface area contributed by atoms with Crippen molar-refractivity contribution in [3.05, 3.63) is 41.1 Å². The summed E-state index contributed by atoms with van der Waals surface area (Å²) in [6, 6.07) is 3.74. The lowest BCUT2D eigenvalue weighted by molar-refractivity contribution is 0.0957. The van der Waals surface area contributed by atoms with Crippen LogP contribution in [0.2, 0.25) is 0 Å². The van der Waals surface area contributed by atoms with Gasteiger partial charge in [-0.05, 0) is 45.7 Å². The van der Waals surface area contributed by atoms with Gasteiger partial charge in [0.05, 0.1) is 23.7 Å². The normalized spacial score (nSPS) is 16.8. The molecule has 7 nitrogen and oxygen atoms in total. The van der Waals surface area contributed by atoms with Crippen LogP contribution >= 0.6 is 11.8 Å². The summed E-state index contributed by atoms with van der Waals surface area (Å²) in [6.45, 7) is 7.49. The van der Waals surface area contributed by atoms with Gasteiger partial charge < -0.3 is 18.1 Å². The monoisotopic (exact) mass is 401 g/mol. The molecule has 0 radical (unpaired) electrons. The number of hydrogen-bond donors (Lipinski definition) is 0. The van der Waals surface area contributed by atoms with Crippen LogP contribution in [0.15, 0.2) is 32.5 Å². The van der Waals surface area contributed by atoms with Gasteiger partial charge in [0.2, 0.25) is 0 Å². The third kappa shape index (κ3) is 3.79. The smallest absolute Gasteiger partial charge is 0.277 e. The standard InChI is InChI=1S/C20H23N3O4S/c1-12-9-17(13(2)23(12)10-15-5-4-7-26-15)18(24)11-28-20-22-21-19(27-20)16-6-8-25-14(16)3/h6,8-9,15H,4-5,7,10-11H2,1-3H3/t15-/m1/s1. The van der Waals surface area contributed by atoms with E-state index < -0.39 is 0 Å². The van der Waals surface area contributed by atoms with E-state index in [1.165, 1.54) is 11.8 Å². The van der Waals surface area contributed by atoms with Crippen LogP contribution in [-0.2, 0) is 11.3 Å². The summed E-state index contributed by atoms with van der Waals surface area (Å²) in [6.07, 6.45) is 4.01. The molecule has 0 spiro atoms. The van der Waals surface area contributed by atoms with E-state index in [0.29, 0.717) is 11.1 Å². The minimum atomic E-state index is 0.0518. The van der Waals surface area contributed by atoms with E-state index in [9.17, 15) is 4.79 Å². The van der Waals surface area contributed by atoms with E-state index in [1.807, 2.05) is 26.8 Å². The van der Waals surface area contributed by atoms with Crippen molar-refractivity contribution in [1.29, 1.82) is 0 Å². The Bertz CT molecular complexity index is 982. The Kier molecular flexibility index (Phi) is 5.41. The van der Waals surface area contributed by atoms with E-state index in [0.717, 1.165) is 54.3 Å². The number of furan rings is 1. The van der Waals surface area contributed by atoms with Crippen molar-refractivity contribution in [2.24, 2.45) is 0 Å². The maximum atomic E-state index is 12.8. The van der Waals surface area contributed by atoms with Crippen LogP contribution in [0.1, 0.15) is 40.3 Å². The molecule has 0 bridgehead atoms. The summed E-state index contributed by atoms with van der Waals surface area (Å²) < 4.78 is 18.8. The minimum Gasteiger partial charge on any atom is -0.469 e. The molecule has 1 fully saturated rings. The highest BCUT2D eigenvalue weighted by Crippen LogP contribution is 2.27. The quantitative estimate of drug-likeness (QED) is 0.433. The molecule has 0 aromatic carbocycles. The topological polar surface area (TPSA) is 83.3 Å². The molecule has 0 aliphatic carbocycles. The van der Waals surface area contributed by atoms with Gasteiger partial charge in [0.1, 0.15) is 5.76 Å². The first-order valence-corrected chi connectivity index (χ1v) is 10.3. The number of thioether (sulfide) groups is 1. The Morgan fingerprint density at radius 1 is 1.32 bits per heavy atom. The number of hydrogen-bond acceptors (Lipinski definition) is 7. The second kappa shape index (κ2) is 7.97. The zero-order valence-electron chi connectivity index (χ0n) is 16.2. The van der Waals surface area contributed by atoms with Crippen LogP contribution < -0.4 is 0 Å². The molecule has 1 saturated heterocycles. The molecule has 0 amide bonds. The molecule has 4 rings (SSSR count). The molecule has 148 valence electrons. The summed E-state index contributed by atoms with van der Waals surface area (Å²) in [5.74, 6) is 1.41. The average Bonchev–Trinajstić information content (AvgIpc) is 3.45. The van der Waals surface area contributed by atoms with Gasteiger partial charge in [-0.3, -0.25) is 4.79 Å². The summed E-state index contributed by atoms with van der Waals surface area (Å²) in [5.41, 5.74) is 3.58. The van der Waals surface area contributed by atoms with Crippen LogP contribution in [0.25, 0.3) is 11.5 Å². The zero-order chi connectivity index (χ0) is 19.7. The van der Waals surface area contributed by atoms with Crippen LogP contribution in [0.4, 0.5) is 0 Å². The van der Waals surface area contributed by atoms with E-state index in [-0.39, 0.29) is 17.6 Å². The molecular weight excluding hydrogens is 378 g/mol. The molecular formula is C20H23N3O4S. The van der Waals surface area contributed by atoms with Gasteiger partial charge in [-0.25, -0.2) is 0 Å². The molecule has 1 aliphatic rings.